The number of unbranched alkanes of at least 4 members (excludes halogenated alkanes) is 34. The van der Waals surface area contributed by atoms with Crippen molar-refractivity contribution in [3.63, 3.8) is 0 Å². The summed E-state index contributed by atoms with van der Waals surface area (Å²) in [6.45, 7) is 3.60. The van der Waals surface area contributed by atoms with Crippen LogP contribution in [-0.2, 0) is 32.7 Å². The van der Waals surface area contributed by atoms with E-state index in [1.807, 2.05) is 0 Å². The van der Waals surface area contributed by atoms with E-state index >= 15 is 0 Å². The van der Waals surface area contributed by atoms with E-state index in [0.717, 1.165) is 70.6 Å². The third kappa shape index (κ3) is 60.5. The second-order valence-corrected chi connectivity index (χ2v) is 22.3. The number of nitrogens with two attached hydrogens (primary N) is 1. The predicted octanol–water partition coefficient (Wildman–Crippen LogP) is 20.1. The van der Waals surface area contributed by atoms with Crippen LogP contribution in [-0.4, -0.2) is 49.3 Å². The molecule has 0 rings (SSSR count). The fourth-order valence-corrected chi connectivity index (χ4v) is 9.72. The second-order valence-electron chi connectivity index (χ2n) is 20.9. The van der Waals surface area contributed by atoms with E-state index in [4.69, 9.17) is 24.3 Å². The van der Waals surface area contributed by atoms with Crippen LogP contribution in [0.25, 0.3) is 0 Å². The van der Waals surface area contributed by atoms with Gasteiger partial charge in [0.05, 0.1) is 13.2 Å². The molecular weight excluding hydrogens is 954 g/mol. The van der Waals surface area contributed by atoms with Gasteiger partial charge in [-0.25, -0.2) is 4.57 Å². The van der Waals surface area contributed by atoms with Gasteiger partial charge in [0.15, 0.2) is 6.10 Å². The van der Waals surface area contributed by atoms with E-state index in [1.54, 1.807) is 0 Å². The Bertz CT molecular complexity index is 1460. The van der Waals surface area contributed by atoms with Crippen LogP contribution in [0.5, 0.6) is 0 Å². The van der Waals surface area contributed by atoms with E-state index in [0.29, 0.717) is 12.8 Å². The third-order valence-corrected chi connectivity index (χ3v) is 14.6. The number of phosphoric ester groups is 1. The standard InChI is InChI=1S/C65H118NO8P/c1-3-5-7-9-11-13-15-17-18-19-20-21-22-23-24-25-26-27-28-29-30-31-32-33-34-35-36-37-38-39-40-41-42-43-44-46-48-50-52-54-56-58-65(68)74-63(62-73-75(69,70)72-60-59-66)61-71-64(67)57-55-53-51-49-47-45-16-14-12-10-8-6-4-2/h6,8,12,14-15,17,19-20,22-23,45,47,63H,3-5,7,9-11,13,16,18,21,24-44,46,48-62,66H2,1-2H3,(H,69,70)/b8-6-,14-12-,17-15-,20-19-,23-22-,47-45-. The molecule has 0 heterocycles. The monoisotopic (exact) mass is 1070 g/mol. The summed E-state index contributed by atoms with van der Waals surface area (Å²) >= 11 is 0. The van der Waals surface area contributed by atoms with Crippen molar-refractivity contribution in [2.45, 2.75) is 302 Å². The van der Waals surface area contributed by atoms with Crippen molar-refractivity contribution in [1.29, 1.82) is 0 Å². The fourth-order valence-electron chi connectivity index (χ4n) is 8.95. The minimum Gasteiger partial charge on any atom is -0.462 e. The van der Waals surface area contributed by atoms with Gasteiger partial charge in [-0.1, -0.05) is 273 Å². The summed E-state index contributed by atoms with van der Waals surface area (Å²) in [5.41, 5.74) is 5.37. The van der Waals surface area contributed by atoms with Crippen LogP contribution in [0.4, 0.5) is 0 Å². The molecule has 0 radical (unpaired) electrons. The highest BCUT2D eigenvalue weighted by Gasteiger charge is 2.26. The highest BCUT2D eigenvalue weighted by atomic mass is 31.2. The van der Waals surface area contributed by atoms with Gasteiger partial charge in [0.2, 0.25) is 0 Å². The van der Waals surface area contributed by atoms with Crippen molar-refractivity contribution in [2.24, 2.45) is 5.73 Å². The van der Waals surface area contributed by atoms with Crippen molar-refractivity contribution in [2.75, 3.05) is 26.4 Å². The third-order valence-electron chi connectivity index (χ3n) is 13.6. The number of carbonyl (C=O) groups is 2. The SMILES string of the molecule is CC/C=C\C/C=C\C/C=C\CCCCCC(=O)OCC(COP(=O)(O)OCCN)OC(=O)CCCCCCCCCCCCCCCCCCCCCCCCCCCC/C=C\C/C=C\C/C=C\CCCCCCC. The zero-order valence-corrected chi connectivity index (χ0v) is 49.7. The van der Waals surface area contributed by atoms with E-state index < -0.39 is 32.5 Å². The summed E-state index contributed by atoms with van der Waals surface area (Å²) in [6, 6.07) is 0. The van der Waals surface area contributed by atoms with Crippen LogP contribution >= 0.6 is 7.82 Å². The zero-order chi connectivity index (χ0) is 54.5. The Balaban J connectivity index is 3.74. The van der Waals surface area contributed by atoms with E-state index in [9.17, 15) is 19.0 Å². The van der Waals surface area contributed by atoms with Crippen molar-refractivity contribution >= 4 is 19.8 Å². The molecule has 0 aliphatic heterocycles. The van der Waals surface area contributed by atoms with Crippen LogP contribution in [0.2, 0.25) is 0 Å². The van der Waals surface area contributed by atoms with Crippen LogP contribution < -0.4 is 5.73 Å². The first-order valence-electron chi connectivity index (χ1n) is 31.4. The molecule has 0 saturated heterocycles. The number of ether oxygens (including phenoxy) is 2. The molecule has 0 amide bonds. The maximum absolute atomic E-state index is 12.7. The van der Waals surface area contributed by atoms with Gasteiger partial charge >= 0.3 is 19.8 Å². The maximum atomic E-state index is 12.7. The molecule has 3 N–H and O–H groups in total. The fraction of sp³-hybridized carbons (Fsp3) is 0.785. The minimum absolute atomic E-state index is 0.0484. The first kappa shape index (κ1) is 72.5. The van der Waals surface area contributed by atoms with Crippen molar-refractivity contribution < 1.29 is 37.6 Å². The summed E-state index contributed by atoms with van der Waals surface area (Å²) in [7, 11) is -4.39. The topological polar surface area (TPSA) is 134 Å². The summed E-state index contributed by atoms with van der Waals surface area (Å²) < 4.78 is 32.9. The lowest BCUT2D eigenvalue weighted by Crippen LogP contribution is -2.29. The highest BCUT2D eigenvalue weighted by molar-refractivity contribution is 7.47. The normalized spacial score (nSPS) is 13.5. The Hall–Kier alpha value is -2.55. The molecule has 0 fully saturated rings. The molecule has 9 nitrogen and oxygen atoms in total. The van der Waals surface area contributed by atoms with E-state index in [1.165, 1.54) is 186 Å². The number of hydrogen-bond acceptors (Lipinski definition) is 8. The lowest BCUT2D eigenvalue weighted by atomic mass is 10.0. The lowest BCUT2D eigenvalue weighted by molar-refractivity contribution is -0.161. The number of rotatable bonds is 59. The second kappa shape index (κ2) is 60.7. The molecule has 0 aromatic rings. The van der Waals surface area contributed by atoms with Gasteiger partial charge in [0.1, 0.15) is 6.61 Å². The van der Waals surface area contributed by atoms with E-state index in [2.05, 4.69) is 86.8 Å². The Morgan fingerprint density at radius 2 is 0.733 bits per heavy atom. The quantitative estimate of drug-likeness (QED) is 0.0264. The molecule has 10 heteroatoms. The molecule has 0 aliphatic carbocycles. The minimum atomic E-state index is -4.39. The average molecular weight is 1070 g/mol. The first-order valence-corrected chi connectivity index (χ1v) is 32.9. The first-order chi connectivity index (χ1) is 36.8. The summed E-state index contributed by atoms with van der Waals surface area (Å²) in [5, 5.41) is 0. The van der Waals surface area contributed by atoms with Crippen molar-refractivity contribution in [1.82, 2.24) is 0 Å². The highest BCUT2D eigenvalue weighted by Crippen LogP contribution is 2.43. The van der Waals surface area contributed by atoms with Gasteiger partial charge in [0.25, 0.3) is 0 Å². The summed E-state index contributed by atoms with van der Waals surface area (Å²) in [6.07, 6.45) is 78.7. The van der Waals surface area contributed by atoms with Crippen LogP contribution in [0, 0.1) is 0 Å². The van der Waals surface area contributed by atoms with E-state index in [-0.39, 0.29) is 32.6 Å². The molecule has 0 aromatic carbocycles. The molecule has 0 spiro atoms. The van der Waals surface area contributed by atoms with Gasteiger partial charge in [-0.2, -0.15) is 0 Å². The molecule has 0 bridgehead atoms. The Morgan fingerprint density at radius 3 is 1.11 bits per heavy atom. The van der Waals surface area contributed by atoms with Crippen LogP contribution in [0.3, 0.4) is 0 Å². The molecule has 0 aliphatic rings. The molecular formula is C65H118NO8P. The number of phosphoric acid groups is 1. The maximum Gasteiger partial charge on any atom is 0.472 e. The smallest absolute Gasteiger partial charge is 0.462 e. The van der Waals surface area contributed by atoms with Crippen LogP contribution in [0.1, 0.15) is 296 Å². The molecule has 0 saturated carbocycles. The van der Waals surface area contributed by atoms with Gasteiger partial charge in [-0.05, 0) is 83.5 Å². The largest absolute Gasteiger partial charge is 0.472 e. The molecule has 436 valence electrons. The predicted molar refractivity (Wildman–Crippen MR) is 321 cm³/mol. The average Bonchev–Trinajstić information content (AvgIpc) is 3.40. The molecule has 2 atom stereocenters. The number of allylic oxidation sites excluding steroid dienone is 12. The van der Waals surface area contributed by atoms with Crippen LogP contribution in [0.15, 0.2) is 72.9 Å². The zero-order valence-electron chi connectivity index (χ0n) is 48.8. The van der Waals surface area contributed by atoms with Crippen molar-refractivity contribution in [3.05, 3.63) is 72.9 Å². The summed E-state index contributed by atoms with van der Waals surface area (Å²) in [4.78, 5) is 35.1. The lowest BCUT2D eigenvalue weighted by Gasteiger charge is -2.19. The Labute approximate surface area is 462 Å². The van der Waals surface area contributed by atoms with Gasteiger partial charge in [-0.15, -0.1) is 0 Å². The Morgan fingerprint density at radius 1 is 0.413 bits per heavy atom. The van der Waals surface area contributed by atoms with Gasteiger partial charge in [0, 0.05) is 19.4 Å². The molecule has 75 heavy (non-hydrogen) atoms. The molecule has 0 aromatic heterocycles. The number of hydrogen-bond donors (Lipinski definition) is 2. The number of carbonyl (C=O) groups excluding carboxylic acids is 2. The van der Waals surface area contributed by atoms with Gasteiger partial charge in [-0.3, -0.25) is 18.6 Å². The summed E-state index contributed by atoms with van der Waals surface area (Å²) in [5.74, 6) is -0.855. The van der Waals surface area contributed by atoms with Gasteiger partial charge < -0.3 is 20.1 Å². The van der Waals surface area contributed by atoms with Crippen molar-refractivity contribution in [3.8, 4) is 0 Å². The Kier molecular flexibility index (Phi) is 58.6. The molecule has 2 unspecified atom stereocenters. The number of esters is 2.